The van der Waals surface area contributed by atoms with Gasteiger partial charge in [0.15, 0.2) is 22.1 Å². The van der Waals surface area contributed by atoms with E-state index in [1.54, 1.807) is 13.8 Å². The third-order valence-electron chi connectivity index (χ3n) is 5.87. The number of amides is 1. The minimum Gasteiger partial charge on any atom is -0.503 e. The Morgan fingerprint density at radius 2 is 2.05 bits per heavy atom. The van der Waals surface area contributed by atoms with Crippen molar-refractivity contribution in [3.8, 4) is 11.5 Å². The van der Waals surface area contributed by atoms with Gasteiger partial charge in [-0.1, -0.05) is 11.3 Å². The molecule has 0 saturated heterocycles. The van der Waals surface area contributed by atoms with Gasteiger partial charge in [0.1, 0.15) is 16.3 Å². The predicted molar refractivity (Wildman–Crippen MR) is 136 cm³/mol. The number of methoxy groups -OCH3 is 1. The van der Waals surface area contributed by atoms with Gasteiger partial charge in [0, 0.05) is 0 Å². The van der Waals surface area contributed by atoms with E-state index in [1.165, 1.54) is 30.2 Å². The van der Waals surface area contributed by atoms with Crippen molar-refractivity contribution in [2.75, 3.05) is 18.6 Å². The Kier molecular flexibility index (Phi) is 6.24. The van der Waals surface area contributed by atoms with Gasteiger partial charge in [-0.05, 0) is 65.7 Å². The molecule has 0 bridgehead atoms. The minimum absolute atomic E-state index is 0.0340. The van der Waals surface area contributed by atoms with Crippen LogP contribution < -0.4 is 15.1 Å². The Labute approximate surface area is 221 Å². The first kappa shape index (κ1) is 24.9. The van der Waals surface area contributed by atoms with E-state index in [4.69, 9.17) is 13.9 Å². The number of phenols is 1. The molecule has 0 radical (unpaired) electrons. The number of hydrogen-bond acceptors (Lipinski definition) is 9. The van der Waals surface area contributed by atoms with Crippen molar-refractivity contribution in [3.63, 3.8) is 0 Å². The van der Waals surface area contributed by atoms with Crippen LogP contribution in [0.4, 0.5) is 9.52 Å². The maximum Gasteiger partial charge on any atom is 0.350 e. The summed E-state index contributed by atoms with van der Waals surface area (Å²) in [6.07, 6.45) is 0. The number of esters is 1. The Morgan fingerprint density at radius 3 is 2.76 bits per heavy atom. The van der Waals surface area contributed by atoms with Gasteiger partial charge in [-0.15, -0.1) is 0 Å². The van der Waals surface area contributed by atoms with Crippen LogP contribution in [0.15, 0.2) is 44.0 Å². The van der Waals surface area contributed by atoms with E-state index in [9.17, 15) is 23.9 Å². The van der Waals surface area contributed by atoms with Crippen molar-refractivity contribution in [1.29, 1.82) is 0 Å². The second kappa shape index (κ2) is 9.27. The summed E-state index contributed by atoms with van der Waals surface area (Å²) in [5.41, 5.74) is 0.136. The molecule has 5 rings (SSSR count). The van der Waals surface area contributed by atoms with Crippen LogP contribution in [0.5, 0.6) is 11.5 Å². The standard InChI is InChI=1S/C25H18BrFN2O7S/c1-4-35-24(33)22-10(2)28-25(37-22)29-18(11-7-14(26)20(31)16(8-11)34-3)17-19(30)13-9-12(27)5-6-15(13)36-21(17)23(29)32/h5-9,18,31H,4H2,1-3H3. The lowest BCUT2D eigenvalue weighted by Crippen LogP contribution is -2.29. The van der Waals surface area contributed by atoms with E-state index in [-0.39, 0.29) is 54.9 Å². The normalized spacial score (nSPS) is 14.8. The van der Waals surface area contributed by atoms with Gasteiger partial charge < -0.3 is 19.0 Å². The van der Waals surface area contributed by atoms with Gasteiger partial charge in [-0.2, -0.15) is 0 Å². The molecule has 0 saturated carbocycles. The lowest BCUT2D eigenvalue weighted by Gasteiger charge is -2.23. The highest BCUT2D eigenvalue weighted by atomic mass is 79.9. The number of nitrogens with zero attached hydrogens (tertiary/aromatic N) is 2. The second-order valence-electron chi connectivity index (χ2n) is 8.08. The quantitative estimate of drug-likeness (QED) is 0.320. The zero-order valence-corrected chi connectivity index (χ0v) is 22.0. The van der Waals surface area contributed by atoms with Crippen LogP contribution >= 0.6 is 27.3 Å². The van der Waals surface area contributed by atoms with Gasteiger partial charge >= 0.3 is 5.97 Å². The van der Waals surface area contributed by atoms with E-state index in [1.807, 2.05) is 0 Å². The molecule has 4 aromatic rings. The van der Waals surface area contributed by atoms with Crippen molar-refractivity contribution < 1.29 is 33.0 Å². The van der Waals surface area contributed by atoms with E-state index < -0.39 is 29.2 Å². The molecule has 0 spiro atoms. The van der Waals surface area contributed by atoms with E-state index in [0.717, 1.165) is 23.5 Å². The van der Waals surface area contributed by atoms with Gasteiger partial charge in [-0.25, -0.2) is 14.2 Å². The number of rotatable bonds is 5. The Bertz CT molecular complexity index is 1670. The number of hydrogen-bond donors (Lipinski definition) is 1. The fourth-order valence-electron chi connectivity index (χ4n) is 4.24. The number of ether oxygens (including phenoxy) is 2. The molecule has 37 heavy (non-hydrogen) atoms. The molecular formula is C25H18BrFN2O7S. The summed E-state index contributed by atoms with van der Waals surface area (Å²) in [4.78, 5) is 45.7. The molecule has 1 unspecified atom stereocenters. The Morgan fingerprint density at radius 1 is 1.30 bits per heavy atom. The van der Waals surface area contributed by atoms with Gasteiger partial charge in [0.2, 0.25) is 5.76 Å². The Balaban J connectivity index is 1.79. The molecule has 2 aromatic heterocycles. The first-order valence-electron chi connectivity index (χ1n) is 11.0. The van der Waals surface area contributed by atoms with Gasteiger partial charge in [-0.3, -0.25) is 14.5 Å². The number of aromatic hydroxyl groups is 1. The van der Waals surface area contributed by atoms with Crippen LogP contribution in [-0.2, 0) is 4.74 Å². The summed E-state index contributed by atoms with van der Waals surface area (Å²) in [5.74, 6) is -2.22. The van der Waals surface area contributed by atoms with Crippen LogP contribution in [0.3, 0.4) is 0 Å². The number of anilines is 1. The number of benzene rings is 2. The third-order valence-corrected chi connectivity index (χ3v) is 7.61. The SMILES string of the molecule is CCOC(=O)c1sc(N2C(=O)c3oc4ccc(F)cc4c(=O)c3C2c2cc(Br)c(O)c(OC)c2)nc1C. The second-order valence-corrected chi connectivity index (χ2v) is 9.91. The van der Waals surface area contributed by atoms with Crippen molar-refractivity contribution in [2.45, 2.75) is 19.9 Å². The van der Waals surface area contributed by atoms with Gasteiger partial charge in [0.25, 0.3) is 5.91 Å². The number of phenolic OH excluding ortho intramolecular Hbond substituents is 1. The molecule has 12 heteroatoms. The van der Waals surface area contributed by atoms with Crippen LogP contribution in [0.1, 0.15) is 50.0 Å². The van der Waals surface area contributed by atoms with E-state index in [0.29, 0.717) is 11.3 Å². The monoisotopic (exact) mass is 588 g/mol. The van der Waals surface area contributed by atoms with E-state index in [2.05, 4.69) is 20.9 Å². The van der Waals surface area contributed by atoms with Gasteiger partial charge in [0.05, 0.1) is 40.9 Å². The molecule has 1 N–H and O–H groups in total. The summed E-state index contributed by atoms with van der Waals surface area (Å²) >= 11 is 4.21. The molecule has 1 aliphatic heterocycles. The lowest BCUT2D eigenvalue weighted by atomic mass is 9.98. The van der Waals surface area contributed by atoms with Crippen molar-refractivity contribution in [2.24, 2.45) is 0 Å². The lowest BCUT2D eigenvalue weighted by molar-refractivity contribution is 0.0531. The summed E-state index contributed by atoms with van der Waals surface area (Å²) in [6.45, 7) is 3.44. The number of aryl methyl sites for hydroxylation is 1. The summed E-state index contributed by atoms with van der Waals surface area (Å²) in [6, 6.07) is 5.37. The molecule has 0 aliphatic carbocycles. The van der Waals surface area contributed by atoms with Crippen molar-refractivity contribution in [1.82, 2.24) is 4.98 Å². The smallest absolute Gasteiger partial charge is 0.350 e. The van der Waals surface area contributed by atoms with Crippen LogP contribution in [0.25, 0.3) is 11.0 Å². The molecule has 0 fully saturated rings. The molecule has 190 valence electrons. The molecule has 1 amide bonds. The summed E-state index contributed by atoms with van der Waals surface area (Å²) < 4.78 is 30.5. The highest BCUT2D eigenvalue weighted by Crippen LogP contribution is 2.46. The fourth-order valence-corrected chi connectivity index (χ4v) is 5.68. The maximum absolute atomic E-state index is 14.0. The molecule has 1 atom stereocenters. The number of carbonyl (C=O) groups excluding carboxylic acids is 2. The molecular weight excluding hydrogens is 571 g/mol. The number of halogens is 2. The van der Waals surface area contributed by atoms with E-state index >= 15 is 0 Å². The highest BCUT2D eigenvalue weighted by Gasteiger charge is 2.46. The maximum atomic E-state index is 14.0. The minimum atomic E-state index is -1.09. The predicted octanol–water partition coefficient (Wildman–Crippen LogP) is 5.10. The molecule has 9 nitrogen and oxygen atoms in total. The Hall–Kier alpha value is -3.77. The average molecular weight is 589 g/mol. The summed E-state index contributed by atoms with van der Waals surface area (Å²) in [5, 5.41) is 10.4. The largest absolute Gasteiger partial charge is 0.503 e. The molecule has 1 aliphatic rings. The van der Waals surface area contributed by atoms with Crippen LogP contribution in [-0.4, -0.2) is 35.7 Å². The van der Waals surface area contributed by atoms with Crippen LogP contribution in [0.2, 0.25) is 0 Å². The number of carbonyl (C=O) groups is 2. The highest BCUT2D eigenvalue weighted by molar-refractivity contribution is 9.10. The van der Waals surface area contributed by atoms with Crippen LogP contribution in [0, 0.1) is 12.7 Å². The average Bonchev–Trinajstić information content (AvgIpc) is 3.39. The summed E-state index contributed by atoms with van der Waals surface area (Å²) in [7, 11) is 1.36. The first-order chi connectivity index (χ1) is 17.7. The third kappa shape index (κ3) is 3.96. The first-order valence-corrected chi connectivity index (χ1v) is 12.6. The topological polar surface area (TPSA) is 119 Å². The zero-order chi connectivity index (χ0) is 26.6. The fraction of sp³-hybridized carbons (Fsp3) is 0.200. The molecule has 3 heterocycles. The number of fused-ring (bicyclic) bond motifs is 2. The van der Waals surface area contributed by atoms with Crippen molar-refractivity contribution >= 4 is 55.2 Å². The van der Waals surface area contributed by atoms with Crippen molar-refractivity contribution in [3.05, 3.63) is 78.3 Å². The number of aromatic nitrogens is 1. The number of thiazole rings is 1. The molecule has 2 aromatic carbocycles. The zero-order valence-electron chi connectivity index (χ0n) is 19.6.